The first-order valence-corrected chi connectivity index (χ1v) is 8.18. The van der Waals surface area contributed by atoms with Crippen LogP contribution in [0, 0.1) is 0 Å². The molecule has 0 spiro atoms. The molecule has 0 fully saturated rings. The first-order chi connectivity index (χ1) is 12.1. The van der Waals surface area contributed by atoms with E-state index in [0.717, 1.165) is 19.5 Å². The van der Waals surface area contributed by atoms with E-state index in [0.29, 0.717) is 11.4 Å². The number of rotatable bonds is 4. The molecule has 1 heterocycles. The van der Waals surface area contributed by atoms with E-state index >= 15 is 0 Å². The summed E-state index contributed by atoms with van der Waals surface area (Å²) in [6, 6.07) is 14.6. The molecule has 6 heteroatoms. The Morgan fingerprint density at radius 1 is 1.08 bits per heavy atom. The molecule has 2 N–H and O–H groups in total. The second kappa shape index (κ2) is 7.81. The van der Waals surface area contributed by atoms with Gasteiger partial charge in [-0.25, -0.2) is 4.79 Å². The minimum absolute atomic E-state index is 0.199. The van der Waals surface area contributed by atoms with Gasteiger partial charge in [-0.15, -0.1) is 0 Å². The molecule has 6 nitrogen and oxygen atoms in total. The first-order valence-electron chi connectivity index (χ1n) is 8.18. The van der Waals surface area contributed by atoms with Crippen LogP contribution in [0.25, 0.3) is 0 Å². The zero-order valence-corrected chi connectivity index (χ0v) is 14.1. The van der Waals surface area contributed by atoms with Crippen molar-refractivity contribution in [1.82, 2.24) is 10.2 Å². The summed E-state index contributed by atoms with van der Waals surface area (Å²) in [6.45, 7) is 1.73. The van der Waals surface area contributed by atoms with Gasteiger partial charge in [0, 0.05) is 18.8 Å². The average Bonchev–Trinajstić information content (AvgIpc) is 2.62. The maximum Gasteiger partial charge on any atom is 0.325 e. The number of carbonyl (C=O) groups is 2. The number of methoxy groups -OCH3 is 1. The van der Waals surface area contributed by atoms with Crippen LogP contribution in [-0.4, -0.2) is 37.0 Å². The lowest BCUT2D eigenvalue weighted by molar-refractivity contribution is -0.121. The largest absolute Gasteiger partial charge is 0.497 e. The highest BCUT2D eigenvalue weighted by atomic mass is 16.5. The number of imide groups is 1. The predicted octanol–water partition coefficient (Wildman–Crippen LogP) is 2.40. The summed E-state index contributed by atoms with van der Waals surface area (Å²) in [5.41, 5.74) is 3.17. The van der Waals surface area contributed by atoms with E-state index in [1.165, 1.54) is 11.1 Å². The molecule has 3 rings (SSSR count). The number of ether oxygens (including phenoxy) is 1. The van der Waals surface area contributed by atoms with E-state index in [-0.39, 0.29) is 12.5 Å². The smallest absolute Gasteiger partial charge is 0.325 e. The number of anilines is 1. The third-order valence-corrected chi connectivity index (χ3v) is 4.18. The fourth-order valence-corrected chi connectivity index (χ4v) is 2.90. The SMILES string of the molecule is COc1ccc(NC(=O)NC(=O)CN2CCc3ccccc3C2)cc1. The van der Waals surface area contributed by atoms with E-state index in [2.05, 4.69) is 22.8 Å². The molecule has 1 aliphatic rings. The van der Waals surface area contributed by atoms with Gasteiger partial charge < -0.3 is 10.1 Å². The van der Waals surface area contributed by atoms with Crippen LogP contribution in [0.5, 0.6) is 5.75 Å². The van der Waals surface area contributed by atoms with Crippen LogP contribution < -0.4 is 15.4 Å². The zero-order valence-electron chi connectivity index (χ0n) is 14.1. The van der Waals surface area contributed by atoms with Gasteiger partial charge >= 0.3 is 6.03 Å². The van der Waals surface area contributed by atoms with Crippen molar-refractivity contribution >= 4 is 17.6 Å². The Morgan fingerprint density at radius 2 is 1.80 bits per heavy atom. The van der Waals surface area contributed by atoms with Gasteiger partial charge in [0.2, 0.25) is 5.91 Å². The Hall–Kier alpha value is -2.86. The summed E-state index contributed by atoms with van der Waals surface area (Å²) >= 11 is 0. The topological polar surface area (TPSA) is 70.7 Å². The van der Waals surface area contributed by atoms with Crippen LogP contribution >= 0.6 is 0 Å². The van der Waals surface area contributed by atoms with Gasteiger partial charge in [-0.1, -0.05) is 24.3 Å². The number of nitrogens with zero attached hydrogens (tertiary/aromatic N) is 1. The highest BCUT2D eigenvalue weighted by Gasteiger charge is 2.19. The van der Waals surface area contributed by atoms with Crippen LogP contribution in [0.3, 0.4) is 0 Å². The van der Waals surface area contributed by atoms with Crippen LogP contribution in [0.2, 0.25) is 0 Å². The Kier molecular flexibility index (Phi) is 5.30. The van der Waals surface area contributed by atoms with Crippen molar-refractivity contribution < 1.29 is 14.3 Å². The standard InChI is InChI=1S/C19H21N3O3/c1-25-17-8-6-16(7-9-17)20-19(24)21-18(23)13-22-11-10-14-4-2-3-5-15(14)12-22/h2-9H,10-13H2,1H3,(H2,20,21,23,24). The van der Waals surface area contributed by atoms with Crippen molar-refractivity contribution in [3.05, 3.63) is 59.7 Å². The van der Waals surface area contributed by atoms with Gasteiger partial charge in [-0.2, -0.15) is 0 Å². The van der Waals surface area contributed by atoms with Crippen molar-refractivity contribution in [3.63, 3.8) is 0 Å². The summed E-state index contributed by atoms with van der Waals surface area (Å²) in [5, 5.41) is 5.00. The van der Waals surface area contributed by atoms with Gasteiger partial charge in [0.1, 0.15) is 5.75 Å². The van der Waals surface area contributed by atoms with Crippen LogP contribution in [0.1, 0.15) is 11.1 Å². The quantitative estimate of drug-likeness (QED) is 0.897. The Balaban J connectivity index is 1.48. The predicted molar refractivity (Wildman–Crippen MR) is 95.6 cm³/mol. The minimum atomic E-state index is -0.535. The minimum Gasteiger partial charge on any atom is -0.497 e. The highest BCUT2D eigenvalue weighted by Crippen LogP contribution is 2.18. The lowest BCUT2D eigenvalue weighted by Gasteiger charge is -2.27. The number of hydrogen-bond acceptors (Lipinski definition) is 4. The molecule has 0 unspecified atom stereocenters. The van der Waals surface area contributed by atoms with Crippen LogP contribution in [0.4, 0.5) is 10.5 Å². The molecule has 0 radical (unpaired) electrons. The van der Waals surface area contributed by atoms with Gasteiger partial charge in [0.05, 0.1) is 13.7 Å². The third kappa shape index (κ3) is 4.58. The summed E-state index contributed by atoms with van der Waals surface area (Å²) in [5.74, 6) is 0.387. The average molecular weight is 339 g/mol. The molecule has 2 aromatic rings. The lowest BCUT2D eigenvalue weighted by Crippen LogP contribution is -2.43. The molecule has 0 saturated heterocycles. The van der Waals surface area contributed by atoms with E-state index in [1.807, 2.05) is 17.0 Å². The summed E-state index contributed by atoms with van der Waals surface area (Å²) < 4.78 is 5.06. The van der Waals surface area contributed by atoms with Gasteiger partial charge in [-0.3, -0.25) is 15.0 Å². The third-order valence-electron chi connectivity index (χ3n) is 4.18. The first kappa shape index (κ1) is 17.0. The van der Waals surface area contributed by atoms with Gasteiger partial charge in [0.15, 0.2) is 0 Å². The van der Waals surface area contributed by atoms with Crippen molar-refractivity contribution in [2.75, 3.05) is 25.5 Å². The molecule has 25 heavy (non-hydrogen) atoms. The van der Waals surface area contributed by atoms with E-state index < -0.39 is 6.03 Å². The number of hydrogen-bond donors (Lipinski definition) is 2. The molecule has 0 atom stereocenters. The van der Waals surface area contributed by atoms with E-state index in [1.54, 1.807) is 31.4 Å². The Labute approximate surface area is 146 Å². The van der Waals surface area contributed by atoms with Crippen molar-refractivity contribution in [2.45, 2.75) is 13.0 Å². The molecular formula is C19H21N3O3. The molecule has 0 saturated carbocycles. The van der Waals surface area contributed by atoms with Crippen LogP contribution in [0.15, 0.2) is 48.5 Å². The van der Waals surface area contributed by atoms with Gasteiger partial charge in [0.25, 0.3) is 0 Å². The second-order valence-corrected chi connectivity index (χ2v) is 5.96. The molecule has 130 valence electrons. The molecular weight excluding hydrogens is 318 g/mol. The van der Waals surface area contributed by atoms with Crippen molar-refractivity contribution in [3.8, 4) is 5.75 Å². The summed E-state index contributed by atoms with van der Waals surface area (Å²) in [7, 11) is 1.58. The maximum absolute atomic E-state index is 12.1. The molecule has 0 aliphatic carbocycles. The number of urea groups is 1. The number of carbonyl (C=O) groups excluding carboxylic acids is 2. The molecule has 3 amide bonds. The number of benzene rings is 2. The molecule has 2 aromatic carbocycles. The number of amides is 3. The molecule has 0 aromatic heterocycles. The number of nitrogens with one attached hydrogen (secondary N) is 2. The second-order valence-electron chi connectivity index (χ2n) is 5.96. The van der Waals surface area contributed by atoms with Crippen molar-refractivity contribution in [2.24, 2.45) is 0 Å². The Bertz CT molecular complexity index is 759. The molecule has 0 bridgehead atoms. The zero-order chi connectivity index (χ0) is 17.6. The summed E-state index contributed by atoms with van der Waals surface area (Å²) in [4.78, 5) is 26.1. The number of fused-ring (bicyclic) bond motifs is 1. The fourth-order valence-electron chi connectivity index (χ4n) is 2.90. The monoisotopic (exact) mass is 339 g/mol. The summed E-state index contributed by atoms with van der Waals surface area (Å²) in [6.07, 6.45) is 0.918. The van der Waals surface area contributed by atoms with Crippen molar-refractivity contribution in [1.29, 1.82) is 0 Å². The normalized spacial score (nSPS) is 13.6. The van der Waals surface area contributed by atoms with E-state index in [4.69, 9.17) is 4.74 Å². The Morgan fingerprint density at radius 3 is 2.52 bits per heavy atom. The van der Waals surface area contributed by atoms with E-state index in [9.17, 15) is 9.59 Å². The van der Waals surface area contributed by atoms with Crippen LogP contribution in [-0.2, 0) is 17.8 Å². The van der Waals surface area contributed by atoms with Gasteiger partial charge in [-0.05, 0) is 41.8 Å². The highest BCUT2D eigenvalue weighted by molar-refractivity contribution is 6.01. The lowest BCUT2D eigenvalue weighted by atomic mass is 10.00. The molecule has 1 aliphatic heterocycles. The fraction of sp³-hybridized carbons (Fsp3) is 0.263. The maximum atomic E-state index is 12.1.